The summed E-state index contributed by atoms with van der Waals surface area (Å²) in [5, 5.41) is 0. The Morgan fingerprint density at radius 2 is 1.83 bits per heavy atom. The van der Waals surface area contributed by atoms with Gasteiger partial charge in [0.1, 0.15) is 12.4 Å². The minimum Gasteiger partial charge on any atom is -0.488 e. The Bertz CT molecular complexity index is 764. The Morgan fingerprint density at radius 3 is 2.67 bits per heavy atom. The number of ether oxygens (including phenoxy) is 3. The molecule has 0 N–H and O–H groups in total. The Hall–Kier alpha value is -2.18. The van der Waals surface area contributed by atoms with Crippen molar-refractivity contribution in [1.29, 1.82) is 0 Å². The van der Waals surface area contributed by atoms with E-state index in [1.165, 1.54) is 0 Å². The molecule has 0 unspecified atom stereocenters. The fourth-order valence-electron chi connectivity index (χ4n) is 3.67. The molecule has 124 valence electrons. The third kappa shape index (κ3) is 2.25. The van der Waals surface area contributed by atoms with Crippen molar-refractivity contribution < 1.29 is 14.2 Å². The topological polar surface area (TPSA) is 56.7 Å². The number of fused-ring (bicyclic) bond motifs is 3. The number of hydrogen-bond acceptors (Lipinski definition) is 6. The highest BCUT2D eigenvalue weighted by Crippen LogP contribution is 2.37. The van der Waals surface area contributed by atoms with Gasteiger partial charge in [0.05, 0.1) is 18.9 Å². The van der Waals surface area contributed by atoms with Crippen molar-refractivity contribution >= 4 is 5.95 Å². The smallest absolute Gasteiger partial charge is 0.225 e. The molecule has 1 aromatic heterocycles. The first-order valence-electron chi connectivity index (χ1n) is 8.44. The number of nitrogens with zero attached hydrogens (tertiary/aromatic N) is 3. The van der Waals surface area contributed by atoms with Crippen molar-refractivity contribution in [3.8, 4) is 17.0 Å². The van der Waals surface area contributed by atoms with Crippen LogP contribution in [-0.4, -0.2) is 42.1 Å². The molecule has 2 saturated heterocycles. The average Bonchev–Trinajstić information content (AvgIpc) is 3.10. The molecule has 1 aromatic carbocycles. The van der Waals surface area contributed by atoms with E-state index in [4.69, 9.17) is 19.2 Å². The van der Waals surface area contributed by atoms with Crippen LogP contribution in [0.2, 0.25) is 0 Å². The predicted molar refractivity (Wildman–Crippen MR) is 87.9 cm³/mol. The second-order valence-electron chi connectivity index (χ2n) is 6.42. The Morgan fingerprint density at radius 1 is 1.04 bits per heavy atom. The number of benzene rings is 1. The molecule has 6 nitrogen and oxygen atoms in total. The first-order chi connectivity index (χ1) is 11.8. The molecule has 0 atom stereocenters. The first-order valence-corrected chi connectivity index (χ1v) is 8.44. The standard InChI is InChI=1S/C18H19N3O3/c1-2-4-15-14(3-1)16-13(12-22-15)11-19-17(20-16)21-7-5-18(6-8-21)23-9-10-24-18/h1-4,11H,5-10,12H2. The third-order valence-corrected chi connectivity index (χ3v) is 5.00. The van der Waals surface area contributed by atoms with E-state index in [1.807, 2.05) is 24.4 Å². The highest BCUT2D eigenvalue weighted by molar-refractivity contribution is 5.72. The summed E-state index contributed by atoms with van der Waals surface area (Å²) >= 11 is 0. The van der Waals surface area contributed by atoms with Crippen molar-refractivity contribution in [3.63, 3.8) is 0 Å². The maximum Gasteiger partial charge on any atom is 0.225 e. The van der Waals surface area contributed by atoms with Crippen LogP contribution in [0.25, 0.3) is 11.3 Å². The van der Waals surface area contributed by atoms with Gasteiger partial charge in [-0.25, -0.2) is 9.97 Å². The molecule has 4 heterocycles. The maximum absolute atomic E-state index is 5.80. The Kier molecular flexibility index (Phi) is 3.21. The minimum absolute atomic E-state index is 0.370. The third-order valence-electron chi connectivity index (χ3n) is 5.00. The molecule has 0 aliphatic carbocycles. The van der Waals surface area contributed by atoms with Crippen LogP contribution in [-0.2, 0) is 16.1 Å². The highest BCUT2D eigenvalue weighted by Gasteiger charge is 2.40. The molecular weight excluding hydrogens is 306 g/mol. The SMILES string of the molecule is c1ccc2c(c1)OCc1cnc(N3CCC4(CC3)OCCO4)nc1-2. The molecule has 24 heavy (non-hydrogen) atoms. The van der Waals surface area contributed by atoms with E-state index >= 15 is 0 Å². The van der Waals surface area contributed by atoms with Gasteiger partial charge in [0.2, 0.25) is 5.95 Å². The summed E-state index contributed by atoms with van der Waals surface area (Å²) in [6.45, 7) is 3.61. The lowest BCUT2D eigenvalue weighted by molar-refractivity contribution is -0.169. The molecule has 1 spiro atoms. The van der Waals surface area contributed by atoms with Crippen LogP contribution in [0.1, 0.15) is 18.4 Å². The first kappa shape index (κ1) is 14.2. The van der Waals surface area contributed by atoms with Gasteiger partial charge in [-0.3, -0.25) is 0 Å². The van der Waals surface area contributed by atoms with Gasteiger partial charge in [0.15, 0.2) is 5.79 Å². The number of hydrogen-bond donors (Lipinski definition) is 0. The average molecular weight is 325 g/mol. The van der Waals surface area contributed by atoms with E-state index in [-0.39, 0.29) is 5.79 Å². The summed E-state index contributed by atoms with van der Waals surface area (Å²) in [6.07, 6.45) is 3.60. The fraction of sp³-hybridized carbons (Fsp3) is 0.444. The van der Waals surface area contributed by atoms with Crippen LogP contribution in [0.15, 0.2) is 30.5 Å². The summed E-state index contributed by atoms with van der Waals surface area (Å²) in [5.41, 5.74) is 3.06. The van der Waals surface area contributed by atoms with Gasteiger partial charge in [0.25, 0.3) is 0 Å². The number of piperidine rings is 1. The minimum atomic E-state index is -0.370. The largest absolute Gasteiger partial charge is 0.488 e. The molecule has 2 fully saturated rings. The van der Waals surface area contributed by atoms with E-state index in [9.17, 15) is 0 Å². The number of para-hydroxylation sites is 1. The lowest BCUT2D eigenvalue weighted by Crippen LogP contribution is -2.45. The van der Waals surface area contributed by atoms with Crippen LogP contribution in [0.3, 0.4) is 0 Å². The Labute approximate surface area is 140 Å². The van der Waals surface area contributed by atoms with Crippen molar-refractivity contribution in [3.05, 3.63) is 36.0 Å². The molecule has 2 aromatic rings. The van der Waals surface area contributed by atoms with Gasteiger partial charge in [-0.1, -0.05) is 12.1 Å². The van der Waals surface area contributed by atoms with Crippen molar-refractivity contribution in [2.45, 2.75) is 25.2 Å². The van der Waals surface area contributed by atoms with Crippen LogP contribution in [0.5, 0.6) is 5.75 Å². The van der Waals surface area contributed by atoms with Gasteiger partial charge in [-0.15, -0.1) is 0 Å². The molecule has 0 radical (unpaired) electrons. The number of anilines is 1. The molecule has 3 aliphatic heterocycles. The zero-order valence-electron chi connectivity index (χ0n) is 13.4. The summed E-state index contributed by atoms with van der Waals surface area (Å²) in [6, 6.07) is 8.03. The molecule has 0 bridgehead atoms. The van der Waals surface area contributed by atoms with E-state index in [1.54, 1.807) is 0 Å². The molecule has 0 amide bonds. The van der Waals surface area contributed by atoms with E-state index in [2.05, 4.69) is 16.0 Å². The van der Waals surface area contributed by atoms with E-state index in [0.29, 0.717) is 19.8 Å². The van der Waals surface area contributed by atoms with Gasteiger partial charge in [0, 0.05) is 43.3 Å². The summed E-state index contributed by atoms with van der Waals surface area (Å²) in [5.74, 6) is 1.30. The summed E-state index contributed by atoms with van der Waals surface area (Å²) in [7, 11) is 0. The predicted octanol–water partition coefficient (Wildman–Crippen LogP) is 2.38. The number of rotatable bonds is 1. The van der Waals surface area contributed by atoms with Crippen LogP contribution in [0.4, 0.5) is 5.95 Å². The fourth-order valence-corrected chi connectivity index (χ4v) is 3.67. The molecule has 3 aliphatic rings. The van der Waals surface area contributed by atoms with Crippen LogP contribution < -0.4 is 9.64 Å². The van der Waals surface area contributed by atoms with Crippen LogP contribution >= 0.6 is 0 Å². The Balaban J connectivity index is 1.43. The van der Waals surface area contributed by atoms with E-state index < -0.39 is 0 Å². The molecule has 6 heteroatoms. The maximum atomic E-state index is 5.80. The van der Waals surface area contributed by atoms with Gasteiger partial charge in [-0.2, -0.15) is 0 Å². The van der Waals surface area contributed by atoms with Crippen molar-refractivity contribution in [1.82, 2.24) is 9.97 Å². The molecular formula is C18H19N3O3. The molecule has 0 saturated carbocycles. The van der Waals surface area contributed by atoms with Crippen molar-refractivity contribution in [2.24, 2.45) is 0 Å². The van der Waals surface area contributed by atoms with Gasteiger partial charge >= 0.3 is 0 Å². The zero-order valence-corrected chi connectivity index (χ0v) is 13.4. The zero-order chi connectivity index (χ0) is 16.0. The normalized spacial score (nSPS) is 21.2. The summed E-state index contributed by atoms with van der Waals surface area (Å²) in [4.78, 5) is 11.6. The quantitative estimate of drug-likeness (QED) is 0.802. The van der Waals surface area contributed by atoms with E-state index in [0.717, 1.165) is 54.4 Å². The molecule has 5 rings (SSSR count). The highest BCUT2D eigenvalue weighted by atomic mass is 16.7. The second kappa shape index (κ2) is 5.43. The number of aromatic nitrogens is 2. The monoisotopic (exact) mass is 325 g/mol. The lowest BCUT2D eigenvalue weighted by Gasteiger charge is -2.37. The van der Waals surface area contributed by atoms with Crippen molar-refractivity contribution in [2.75, 3.05) is 31.2 Å². The lowest BCUT2D eigenvalue weighted by atomic mass is 10.0. The van der Waals surface area contributed by atoms with Gasteiger partial charge < -0.3 is 19.1 Å². The van der Waals surface area contributed by atoms with Gasteiger partial charge in [-0.05, 0) is 12.1 Å². The second-order valence-corrected chi connectivity index (χ2v) is 6.42. The summed E-state index contributed by atoms with van der Waals surface area (Å²) < 4.78 is 17.4. The van der Waals surface area contributed by atoms with Crippen LogP contribution in [0, 0.1) is 0 Å².